The maximum absolute atomic E-state index is 14.2. The second kappa shape index (κ2) is 15.5. The molecule has 3 fully saturated rings. The number of carboxylic acids is 1. The van der Waals surface area contributed by atoms with Crippen LogP contribution in [0.1, 0.15) is 65.3 Å². The number of amides is 2. The topological polar surface area (TPSA) is 152 Å². The van der Waals surface area contributed by atoms with Crippen molar-refractivity contribution in [2.24, 2.45) is 21.4 Å². The largest absolute Gasteiger partial charge is 0.496 e. The molecule has 278 valence electrons. The lowest BCUT2D eigenvalue weighted by Gasteiger charge is -2.42. The van der Waals surface area contributed by atoms with Crippen LogP contribution < -0.4 is 10.2 Å². The molecule has 0 saturated carbocycles. The third kappa shape index (κ3) is 7.53. The Bertz CT molecular complexity index is 1910. The minimum absolute atomic E-state index is 0.130. The summed E-state index contributed by atoms with van der Waals surface area (Å²) in [5.74, 6) is -1.15. The minimum atomic E-state index is -0.851. The molecule has 1 aromatic heterocycles. The zero-order valence-electron chi connectivity index (χ0n) is 29.5. The number of nitrogens with zero attached hydrogens (tertiary/aromatic N) is 7. The Morgan fingerprint density at radius 1 is 1.00 bits per heavy atom. The first-order chi connectivity index (χ1) is 25.6. The van der Waals surface area contributed by atoms with Gasteiger partial charge in [0.05, 0.1) is 46.0 Å². The summed E-state index contributed by atoms with van der Waals surface area (Å²) in [4.78, 5) is 48.7. The van der Waals surface area contributed by atoms with Gasteiger partial charge in [-0.1, -0.05) is 41.4 Å². The zero-order valence-corrected chi connectivity index (χ0v) is 31.0. The Kier molecular flexibility index (Phi) is 10.8. The molecule has 2 aromatic carbocycles. The van der Waals surface area contributed by atoms with Crippen LogP contribution in [0.15, 0.2) is 76.2 Å². The Balaban J connectivity index is 1.08. The maximum Gasteiger partial charge on any atom is 0.307 e. The number of nitrogens with one attached hydrogen (secondary N) is 1. The highest BCUT2D eigenvalue weighted by Gasteiger charge is 2.47. The molecule has 5 heterocycles. The van der Waals surface area contributed by atoms with Crippen molar-refractivity contribution in [1.82, 2.24) is 25.2 Å². The SMILES string of the molecule is COc1ccc(C2C=NN=N2)cc1C(=O)N1CCC(CCN2CCC(C(=O)NN3CCC(C(=O)O)C3)(c3ccccn3)CC2)(c2ccc(Cl)c(Cl)c2)C1. The number of likely N-dealkylation sites (tertiary alicyclic amines) is 2. The third-order valence-electron chi connectivity index (χ3n) is 11.4. The highest BCUT2D eigenvalue weighted by Crippen LogP contribution is 2.42. The molecule has 0 bridgehead atoms. The molecule has 7 rings (SSSR count). The van der Waals surface area contributed by atoms with E-state index in [-0.39, 0.29) is 24.4 Å². The Morgan fingerprint density at radius 3 is 2.51 bits per heavy atom. The van der Waals surface area contributed by atoms with Gasteiger partial charge >= 0.3 is 5.97 Å². The molecule has 15 heteroatoms. The van der Waals surface area contributed by atoms with Gasteiger partial charge in [-0.05, 0) is 104 Å². The number of hydrogen-bond acceptors (Lipinski definition) is 10. The predicted octanol–water partition coefficient (Wildman–Crippen LogP) is 5.54. The molecule has 2 N–H and O–H groups in total. The maximum atomic E-state index is 14.2. The molecule has 3 unspecified atom stereocenters. The molecular weight excluding hydrogens is 719 g/mol. The summed E-state index contributed by atoms with van der Waals surface area (Å²) in [5.41, 5.74) is 4.79. The van der Waals surface area contributed by atoms with E-state index in [9.17, 15) is 19.5 Å². The van der Waals surface area contributed by atoms with Crippen LogP contribution >= 0.6 is 23.2 Å². The molecule has 4 aliphatic heterocycles. The van der Waals surface area contributed by atoms with E-state index >= 15 is 0 Å². The van der Waals surface area contributed by atoms with E-state index in [1.807, 2.05) is 53.4 Å². The summed E-state index contributed by atoms with van der Waals surface area (Å²) in [6.07, 6.45) is 6.42. The Hall–Kier alpha value is -4.43. The molecule has 13 nitrogen and oxygen atoms in total. The molecule has 0 radical (unpaired) electrons. The average Bonchev–Trinajstić information content (AvgIpc) is 3.98. The average molecular weight is 762 g/mol. The summed E-state index contributed by atoms with van der Waals surface area (Å²) in [5, 5.41) is 23.9. The van der Waals surface area contributed by atoms with E-state index in [0.29, 0.717) is 79.0 Å². The lowest BCUT2D eigenvalue weighted by molar-refractivity contribution is -0.142. The van der Waals surface area contributed by atoms with Crippen molar-refractivity contribution < 1.29 is 24.2 Å². The summed E-state index contributed by atoms with van der Waals surface area (Å²) in [7, 11) is 1.55. The highest BCUT2D eigenvalue weighted by atomic mass is 35.5. The molecule has 3 atom stereocenters. The summed E-state index contributed by atoms with van der Waals surface area (Å²) < 4.78 is 5.62. The molecule has 2 amide bonds. The number of carboxylic acid groups (broad SMARTS) is 1. The summed E-state index contributed by atoms with van der Waals surface area (Å²) in [6, 6.07) is 16.5. The monoisotopic (exact) mass is 760 g/mol. The fraction of sp³-hybridized carbons (Fsp3) is 0.447. The predicted molar refractivity (Wildman–Crippen MR) is 199 cm³/mol. The molecule has 4 aliphatic rings. The second-order valence-corrected chi connectivity index (χ2v) is 15.2. The smallest absolute Gasteiger partial charge is 0.307 e. The van der Waals surface area contributed by atoms with Crippen molar-refractivity contribution in [3.05, 3.63) is 93.2 Å². The van der Waals surface area contributed by atoms with Crippen LogP contribution in [0.25, 0.3) is 0 Å². The van der Waals surface area contributed by atoms with Gasteiger partial charge in [0, 0.05) is 37.8 Å². The lowest BCUT2D eigenvalue weighted by Crippen LogP contribution is -2.56. The molecule has 3 saturated heterocycles. The summed E-state index contributed by atoms with van der Waals surface area (Å²) in [6.45, 7) is 3.84. The first-order valence-electron chi connectivity index (χ1n) is 17.9. The van der Waals surface area contributed by atoms with E-state index in [1.54, 1.807) is 30.6 Å². The first-order valence-corrected chi connectivity index (χ1v) is 18.7. The van der Waals surface area contributed by atoms with Gasteiger partial charge in [-0.2, -0.15) is 5.11 Å². The van der Waals surface area contributed by atoms with Gasteiger partial charge in [0.2, 0.25) is 5.91 Å². The second-order valence-electron chi connectivity index (χ2n) is 14.4. The minimum Gasteiger partial charge on any atom is -0.496 e. The lowest BCUT2D eigenvalue weighted by atomic mass is 9.73. The quantitative estimate of drug-likeness (QED) is 0.259. The number of aliphatic carboxylic acids is 1. The van der Waals surface area contributed by atoms with Gasteiger partial charge in [-0.3, -0.25) is 24.8 Å². The van der Waals surface area contributed by atoms with Gasteiger partial charge in [-0.15, -0.1) is 5.10 Å². The van der Waals surface area contributed by atoms with Crippen LogP contribution in [-0.4, -0.2) is 102 Å². The number of ether oxygens (including phenoxy) is 1. The van der Waals surface area contributed by atoms with Crippen molar-refractivity contribution in [3.63, 3.8) is 0 Å². The standard InChI is InChI=1S/C38H42Cl2N8O5/c1-53-32-8-5-25(31-22-42-45-43-31)20-28(32)34(49)47-19-11-37(24-47,27-6-7-29(39)30(40)21-27)10-16-46-17-12-38(13-18-46,33-4-2-3-14-41-33)36(52)44-48-15-9-26(23-48)35(50)51/h2-8,14,20-22,26,31H,9-13,15-19,23-24H2,1H3,(H,44,52)(H,50,51). The van der Waals surface area contributed by atoms with Crippen LogP contribution in [0, 0.1) is 5.92 Å². The number of pyridine rings is 1. The van der Waals surface area contributed by atoms with Gasteiger partial charge in [0.1, 0.15) is 11.8 Å². The zero-order chi connectivity index (χ0) is 37.2. The number of halogens is 2. The molecule has 3 aromatic rings. The highest BCUT2D eigenvalue weighted by molar-refractivity contribution is 6.42. The van der Waals surface area contributed by atoms with Gasteiger partial charge in [0.25, 0.3) is 5.91 Å². The number of carbonyl (C=O) groups is 3. The number of aromatic nitrogens is 1. The molecule has 53 heavy (non-hydrogen) atoms. The number of hydrogen-bond donors (Lipinski definition) is 2. The number of benzene rings is 2. The van der Waals surface area contributed by atoms with E-state index in [2.05, 4.69) is 30.7 Å². The van der Waals surface area contributed by atoms with Crippen molar-refractivity contribution in [2.75, 3.05) is 52.9 Å². The van der Waals surface area contributed by atoms with Crippen LogP contribution in [0.2, 0.25) is 10.0 Å². The van der Waals surface area contributed by atoms with Gasteiger partial charge < -0.3 is 19.6 Å². The number of piperidine rings is 1. The number of rotatable bonds is 11. The van der Waals surface area contributed by atoms with Crippen LogP contribution in [0.3, 0.4) is 0 Å². The summed E-state index contributed by atoms with van der Waals surface area (Å²) >= 11 is 12.9. The molecular formula is C38H42Cl2N8O5. The van der Waals surface area contributed by atoms with Crippen LogP contribution in [0.5, 0.6) is 5.75 Å². The van der Waals surface area contributed by atoms with E-state index in [4.69, 9.17) is 27.9 Å². The van der Waals surface area contributed by atoms with Crippen LogP contribution in [-0.2, 0) is 20.4 Å². The number of carbonyl (C=O) groups excluding carboxylic acids is 2. The van der Waals surface area contributed by atoms with Crippen LogP contribution in [0.4, 0.5) is 0 Å². The van der Waals surface area contributed by atoms with Gasteiger partial charge in [-0.25, -0.2) is 5.01 Å². The fourth-order valence-corrected chi connectivity index (χ4v) is 8.45. The Morgan fingerprint density at radius 2 is 1.83 bits per heavy atom. The fourth-order valence-electron chi connectivity index (χ4n) is 8.15. The van der Waals surface area contributed by atoms with Gasteiger partial charge in [0.15, 0.2) is 0 Å². The van der Waals surface area contributed by atoms with Crippen molar-refractivity contribution in [1.29, 1.82) is 0 Å². The van der Waals surface area contributed by atoms with E-state index in [0.717, 1.165) is 30.5 Å². The molecule has 0 aliphatic carbocycles. The normalized spacial score (nSPS) is 24.1. The molecule has 0 spiro atoms. The number of methoxy groups -OCH3 is 1. The van der Waals surface area contributed by atoms with E-state index in [1.165, 1.54) is 0 Å². The van der Waals surface area contributed by atoms with Crippen molar-refractivity contribution >= 4 is 47.2 Å². The van der Waals surface area contributed by atoms with E-state index < -0.39 is 22.7 Å². The van der Waals surface area contributed by atoms with Crippen molar-refractivity contribution in [3.8, 4) is 5.75 Å². The Labute approximate surface area is 318 Å². The van der Waals surface area contributed by atoms with Crippen molar-refractivity contribution in [2.45, 2.75) is 49.0 Å². The first kappa shape index (κ1) is 36.9. The third-order valence-corrected chi connectivity index (χ3v) is 12.1. The number of hydrazine groups is 1.